The maximum atomic E-state index is 6.40. The van der Waals surface area contributed by atoms with Gasteiger partial charge < -0.3 is 0 Å². The third-order valence-corrected chi connectivity index (χ3v) is 4.48. The lowest BCUT2D eigenvalue weighted by Gasteiger charge is -2.12. The highest BCUT2D eigenvalue weighted by molar-refractivity contribution is 6.08. The summed E-state index contributed by atoms with van der Waals surface area (Å²) in [4.78, 5) is 0. The van der Waals surface area contributed by atoms with Gasteiger partial charge in [-0.05, 0) is 43.9 Å². The molecule has 1 heteroatoms. The van der Waals surface area contributed by atoms with Crippen LogP contribution in [0.1, 0.15) is 26.5 Å². The monoisotopic (exact) mass is 313 g/mol. The summed E-state index contributed by atoms with van der Waals surface area (Å²) >= 11 is 0. The predicted molar refractivity (Wildman–Crippen MR) is 102 cm³/mol. The molecule has 0 fully saturated rings. The van der Waals surface area contributed by atoms with Gasteiger partial charge in [0.1, 0.15) is 0 Å². The van der Waals surface area contributed by atoms with Gasteiger partial charge in [-0.1, -0.05) is 54.6 Å². The normalized spacial score (nSPS) is 12.0. The van der Waals surface area contributed by atoms with Crippen LogP contribution in [0.3, 0.4) is 0 Å². The second kappa shape index (κ2) is 5.45. The molecule has 0 unspecified atom stereocenters. The minimum atomic E-state index is -0.0470. The van der Waals surface area contributed by atoms with Gasteiger partial charge in [-0.15, -0.1) is 0 Å². The Hall–Kier alpha value is -2.67. The van der Waals surface area contributed by atoms with Crippen molar-refractivity contribution in [3.63, 3.8) is 0 Å². The Bertz CT molecular complexity index is 1020. The maximum absolute atomic E-state index is 6.40. The van der Waals surface area contributed by atoms with Crippen LogP contribution in [0, 0.1) is 0 Å². The lowest BCUT2D eigenvalue weighted by Crippen LogP contribution is -2.11. The Kier molecular flexibility index (Phi) is 3.38. The molecular weight excluding hydrogens is 292 g/mol. The van der Waals surface area contributed by atoms with E-state index < -0.39 is 0 Å². The summed E-state index contributed by atoms with van der Waals surface area (Å²) in [7, 11) is 0. The highest BCUT2D eigenvalue weighted by atomic mass is 16.3. The minimum Gasteiger partial charge on any atom is -0.211 e. The first-order valence-corrected chi connectivity index (χ1v) is 8.38. The molecule has 0 atom stereocenters. The summed E-state index contributed by atoms with van der Waals surface area (Å²) in [5, 5.41) is 3.53. The van der Waals surface area contributed by atoms with Gasteiger partial charge in [0.2, 0.25) is 0 Å². The fourth-order valence-corrected chi connectivity index (χ4v) is 3.14. The van der Waals surface area contributed by atoms with Gasteiger partial charge >= 0.3 is 11.3 Å². The quantitative estimate of drug-likeness (QED) is 0.277. The average Bonchev–Trinajstić information content (AvgIpc) is 2.60. The van der Waals surface area contributed by atoms with E-state index in [4.69, 9.17) is 4.42 Å². The van der Waals surface area contributed by atoms with Crippen LogP contribution in [0.25, 0.3) is 32.9 Å². The third kappa shape index (κ3) is 2.46. The van der Waals surface area contributed by atoms with Crippen molar-refractivity contribution in [2.45, 2.75) is 26.2 Å². The van der Waals surface area contributed by atoms with Crippen LogP contribution >= 0.6 is 0 Å². The van der Waals surface area contributed by atoms with Crippen LogP contribution < -0.4 is 0 Å². The number of hydrogen-bond donors (Lipinski definition) is 0. The van der Waals surface area contributed by atoms with Crippen molar-refractivity contribution >= 4 is 21.7 Å². The highest BCUT2D eigenvalue weighted by Gasteiger charge is 2.30. The van der Waals surface area contributed by atoms with Crippen molar-refractivity contribution < 1.29 is 4.42 Å². The SMILES string of the molecule is CC(C)(C)c1cc(-c2ccccc2)c2ccc3ccccc3c2[o+]1. The number of hydrogen-bond acceptors (Lipinski definition) is 0. The summed E-state index contributed by atoms with van der Waals surface area (Å²) in [5.41, 5.74) is 3.38. The summed E-state index contributed by atoms with van der Waals surface area (Å²) < 4.78 is 6.40. The second-order valence-electron chi connectivity index (χ2n) is 7.30. The van der Waals surface area contributed by atoms with E-state index in [-0.39, 0.29) is 5.41 Å². The highest BCUT2D eigenvalue weighted by Crippen LogP contribution is 2.37. The molecule has 24 heavy (non-hydrogen) atoms. The van der Waals surface area contributed by atoms with E-state index in [9.17, 15) is 0 Å². The Morgan fingerprint density at radius 3 is 2.17 bits per heavy atom. The zero-order chi connectivity index (χ0) is 16.7. The Balaban J connectivity index is 2.16. The van der Waals surface area contributed by atoms with E-state index in [1.165, 1.54) is 21.9 Å². The molecule has 0 amide bonds. The molecule has 1 heterocycles. The Morgan fingerprint density at radius 1 is 0.708 bits per heavy atom. The first-order chi connectivity index (χ1) is 11.5. The molecule has 118 valence electrons. The smallest absolute Gasteiger partial charge is 0.211 e. The summed E-state index contributed by atoms with van der Waals surface area (Å²) in [6.45, 7) is 6.58. The van der Waals surface area contributed by atoms with Crippen molar-refractivity contribution in [2.24, 2.45) is 0 Å². The molecular formula is C23H21O+. The number of benzene rings is 3. The Morgan fingerprint density at radius 2 is 1.42 bits per heavy atom. The third-order valence-electron chi connectivity index (χ3n) is 4.48. The molecule has 0 aliphatic rings. The van der Waals surface area contributed by atoms with Crippen molar-refractivity contribution in [3.05, 3.63) is 78.6 Å². The van der Waals surface area contributed by atoms with Gasteiger partial charge in [0.05, 0.1) is 16.2 Å². The maximum Gasteiger partial charge on any atom is 0.368 e. The molecule has 0 aliphatic carbocycles. The largest absolute Gasteiger partial charge is 0.368 e. The second-order valence-corrected chi connectivity index (χ2v) is 7.30. The summed E-state index contributed by atoms with van der Waals surface area (Å²) in [5.74, 6) is 1.00. The lowest BCUT2D eigenvalue weighted by molar-refractivity contribution is 0.423. The van der Waals surface area contributed by atoms with Gasteiger partial charge in [0.25, 0.3) is 0 Å². The van der Waals surface area contributed by atoms with Gasteiger partial charge in [-0.3, -0.25) is 0 Å². The fraction of sp³-hybridized carbons (Fsp3) is 0.174. The molecule has 0 bridgehead atoms. The zero-order valence-electron chi connectivity index (χ0n) is 14.3. The molecule has 1 nitrogen and oxygen atoms in total. The van der Waals surface area contributed by atoms with Crippen molar-refractivity contribution in [3.8, 4) is 11.1 Å². The van der Waals surface area contributed by atoms with Crippen molar-refractivity contribution in [1.29, 1.82) is 0 Å². The van der Waals surface area contributed by atoms with Crippen LogP contribution in [0.5, 0.6) is 0 Å². The van der Waals surface area contributed by atoms with E-state index >= 15 is 0 Å². The number of rotatable bonds is 1. The summed E-state index contributed by atoms with van der Waals surface area (Å²) in [6.07, 6.45) is 0. The van der Waals surface area contributed by atoms with Gasteiger partial charge in [0.15, 0.2) is 0 Å². The van der Waals surface area contributed by atoms with Gasteiger partial charge in [0, 0.05) is 11.6 Å². The average molecular weight is 313 g/mol. The van der Waals surface area contributed by atoms with E-state index in [0.29, 0.717) is 0 Å². The minimum absolute atomic E-state index is 0.0470. The lowest BCUT2D eigenvalue weighted by atomic mass is 9.89. The molecule has 4 rings (SSSR count). The van der Waals surface area contributed by atoms with Crippen molar-refractivity contribution in [2.75, 3.05) is 0 Å². The van der Waals surface area contributed by atoms with E-state index in [2.05, 4.69) is 93.6 Å². The molecule has 0 aliphatic heterocycles. The van der Waals surface area contributed by atoms with Gasteiger partial charge in [-0.2, -0.15) is 0 Å². The molecule has 1 aromatic heterocycles. The predicted octanol–water partition coefficient (Wildman–Crippen LogP) is 6.83. The van der Waals surface area contributed by atoms with E-state index in [1.807, 2.05) is 0 Å². The van der Waals surface area contributed by atoms with Crippen LogP contribution in [0.15, 0.2) is 77.2 Å². The molecule has 0 radical (unpaired) electrons. The van der Waals surface area contributed by atoms with Crippen LogP contribution in [0.2, 0.25) is 0 Å². The van der Waals surface area contributed by atoms with Crippen LogP contribution in [0.4, 0.5) is 0 Å². The van der Waals surface area contributed by atoms with E-state index in [0.717, 1.165) is 16.7 Å². The Labute approximate surface area is 142 Å². The summed E-state index contributed by atoms with van der Waals surface area (Å²) in [6, 6.07) is 25.5. The van der Waals surface area contributed by atoms with Crippen LogP contribution in [-0.2, 0) is 5.41 Å². The standard InChI is InChI=1S/C23H21O/c1-23(2,3)21-15-20(16-9-5-4-6-10-16)19-14-13-17-11-7-8-12-18(17)22(19)24-21/h4-15H,1-3H3/q+1. The molecule has 0 spiro atoms. The van der Waals surface area contributed by atoms with Crippen LogP contribution in [-0.4, -0.2) is 0 Å². The van der Waals surface area contributed by atoms with E-state index in [1.54, 1.807) is 0 Å². The molecule has 3 aromatic carbocycles. The molecule has 4 aromatic rings. The fourth-order valence-electron chi connectivity index (χ4n) is 3.14. The first kappa shape index (κ1) is 14.9. The molecule has 0 N–H and O–H groups in total. The first-order valence-electron chi connectivity index (χ1n) is 8.38. The van der Waals surface area contributed by atoms with Crippen molar-refractivity contribution in [1.82, 2.24) is 0 Å². The topological polar surface area (TPSA) is 11.3 Å². The molecule has 0 saturated carbocycles. The number of fused-ring (bicyclic) bond motifs is 3. The van der Waals surface area contributed by atoms with Gasteiger partial charge in [-0.25, -0.2) is 4.42 Å². The zero-order valence-corrected chi connectivity index (χ0v) is 14.3. The molecule has 0 saturated heterocycles.